The van der Waals surface area contributed by atoms with Crippen LogP contribution in [0.25, 0.3) is 16.9 Å². The summed E-state index contributed by atoms with van der Waals surface area (Å²) in [4.78, 5) is 36.6. The van der Waals surface area contributed by atoms with E-state index in [1.807, 2.05) is 19.9 Å². The van der Waals surface area contributed by atoms with Crippen molar-refractivity contribution in [2.75, 3.05) is 26.0 Å². The van der Waals surface area contributed by atoms with E-state index >= 15 is 0 Å². The van der Waals surface area contributed by atoms with Gasteiger partial charge in [-0.3, -0.25) is 9.59 Å². The Kier molecular flexibility index (Phi) is 7.16. The molecule has 0 saturated heterocycles. The lowest BCUT2D eigenvalue weighted by molar-refractivity contribution is 0.413. The van der Waals surface area contributed by atoms with Crippen LogP contribution in [0.1, 0.15) is 31.0 Å². The van der Waals surface area contributed by atoms with Crippen LogP contribution >= 0.6 is 0 Å². The molecule has 0 bridgehead atoms. The highest BCUT2D eigenvalue weighted by Gasteiger charge is 2.19. The molecule has 36 heavy (non-hydrogen) atoms. The SMILES string of the molecule is C=CCn1c(=O)c2cnc(Nc3ccc(CCN(C)C)c(C)c3)nc2n1-c1ccc(=O)n(C(C)C)n1. The van der Waals surface area contributed by atoms with Gasteiger partial charge in [0.05, 0.1) is 12.6 Å². The summed E-state index contributed by atoms with van der Waals surface area (Å²) in [5, 5.41) is 8.10. The molecule has 4 rings (SSSR count). The Bertz CT molecular complexity index is 1530. The molecule has 0 radical (unpaired) electrons. The van der Waals surface area contributed by atoms with Crippen LogP contribution < -0.4 is 16.4 Å². The lowest BCUT2D eigenvalue weighted by atomic mass is 10.0. The van der Waals surface area contributed by atoms with Crippen molar-refractivity contribution in [3.63, 3.8) is 0 Å². The van der Waals surface area contributed by atoms with Crippen LogP contribution in [0.2, 0.25) is 0 Å². The first-order chi connectivity index (χ1) is 17.2. The molecule has 10 heteroatoms. The van der Waals surface area contributed by atoms with E-state index in [0.29, 0.717) is 22.8 Å². The van der Waals surface area contributed by atoms with Gasteiger partial charge >= 0.3 is 0 Å². The molecule has 188 valence electrons. The third-order valence-corrected chi connectivity index (χ3v) is 5.92. The molecule has 0 spiro atoms. The zero-order chi connectivity index (χ0) is 26.0. The van der Waals surface area contributed by atoms with E-state index in [4.69, 9.17) is 0 Å². The highest BCUT2D eigenvalue weighted by atomic mass is 16.1. The minimum Gasteiger partial charge on any atom is -0.324 e. The summed E-state index contributed by atoms with van der Waals surface area (Å²) >= 11 is 0. The van der Waals surface area contributed by atoms with Crippen LogP contribution in [0.5, 0.6) is 0 Å². The second kappa shape index (κ2) is 10.3. The van der Waals surface area contributed by atoms with Gasteiger partial charge in [0.15, 0.2) is 11.5 Å². The summed E-state index contributed by atoms with van der Waals surface area (Å²) < 4.78 is 4.47. The van der Waals surface area contributed by atoms with Gasteiger partial charge in [0.25, 0.3) is 11.1 Å². The van der Waals surface area contributed by atoms with Crippen LogP contribution in [0, 0.1) is 6.92 Å². The molecule has 10 nitrogen and oxygen atoms in total. The fraction of sp³-hybridized carbons (Fsp3) is 0.346. The van der Waals surface area contributed by atoms with Gasteiger partial charge in [-0.25, -0.2) is 19.0 Å². The number of aromatic nitrogens is 6. The molecule has 0 saturated carbocycles. The minimum absolute atomic E-state index is 0.144. The Morgan fingerprint density at radius 2 is 1.94 bits per heavy atom. The molecule has 1 N–H and O–H groups in total. The maximum absolute atomic E-state index is 13.2. The smallest absolute Gasteiger partial charge is 0.278 e. The number of hydrogen-bond donors (Lipinski definition) is 1. The molecule has 1 aromatic carbocycles. The van der Waals surface area contributed by atoms with Gasteiger partial charge in [0.2, 0.25) is 5.95 Å². The lowest BCUT2D eigenvalue weighted by Crippen LogP contribution is -2.28. The van der Waals surface area contributed by atoms with Crippen molar-refractivity contribution in [2.45, 2.75) is 39.8 Å². The molecule has 0 aliphatic heterocycles. The Hall–Kier alpha value is -4.05. The Labute approximate surface area is 209 Å². The van der Waals surface area contributed by atoms with Gasteiger partial charge in [-0.2, -0.15) is 4.98 Å². The van der Waals surface area contributed by atoms with Crippen LogP contribution in [-0.4, -0.2) is 54.7 Å². The number of allylic oxidation sites excluding steroid dienone is 1. The highest BCUT2D eigenvalue weighted by Crippen LogP contribution is 2.21. The first kappa shape index (κ1) is 25.1. The number of likely N-dealkylation sites (N-methyl/N-ethyl adjacent to an activating group) is 1. The maximum Gasteiger partial charge on any atom is 0.278 e. The van der Waals surface area contributed by atoms with Crippen LogP contribution in [0.15, 0.2) is 58.8 Å². The first-order valence-electron chi connectivity index (χ1n) is 11.9. The summed E-state index contributed by atoms with van der Waals surface area (Å²) in [5.74, 6) is 0.757. The summed E-state index contributed by atoms with van der Waals surface area (Å²) in [5.41, 5.74) is 3.22. The van der Waals surface area contributed by atoms with Gasteiger partial charge in [0.1, 0.15) is 5.39 Å². The number of anilines is 2. The average Bonchev–Trinajstić information content (AvgIpc) is 3.10. The van der Waals surface area contributed by atoms with Crippen molar-refractivity contribution in [1.29, 1.82) is 0 Å². The van der Waals surface area contributed by atoms with Crippen molar-refractivity contribution in [1.82, 2.24) is 34.0 Å². The fourth-order valence-corrected chi connectivity index (χ4v) is 4.03. The quantitative estimate of drug-likeness (QED) is 0.361. The molecule has 0 atom stereocenters. The maximum atomic E-state index is 13.2. The number of aryl methyl sites for hydroxylation is 1. The number of benzene rings is 1. The number of nitrogens with one attached hydrogen (secondary N) is 1. The van der Waals surface area contributed by atoms with Crippen molar-refractivity contribution in [3.05, 3.63) is 81.0 Å². The van der Waals surface area contributed by atoms with Crippen molar-refractivity contribution >= 4 is 22.7 Å². The molecule has 0 unspecified atom stereocenters. The highest BCUT2D eigenvalue weighted by molar-refractivity contribution is 5.77. The summed E-state index contributed by atoms with van der Waals surface area (Å²) in [6.45, 7) is 10.8. The molecule has 0 aliphatic carbocycles. The van der Waals surface area contributed by atoms with Gasteiger partial charge in [-0.15, -0.1) is 11.7 Å². The third-order valence-electron chi connectivity index (χ3n) is 5.92. The average molecular weight is 489 g/mol. The monoisotopic (exact) mass is 488 g/mol. The Morgan fingerprint density at radius 3 is 2.61 bits per heavy atom. The topological polar surface area (TPSA) is 103 Å². The summed E-state index contributed by atoms with van der Waals surface area (Å²) in [6, 6.07) is 9.06. The summed E-state index contributed by atoms with van der Waals surface area (Å²) in [7, 11) is 4.13. The van der Waals surface area contributed by atoms with E-state index in [-0.39, 0.29) is 23.7 Å². The van der Waals surface area contributed by atoms with E-state index in [1.165, 1.54) is 32.8 Å². The normalized spacial score (nSPS) is 11.5. The van der Waals surface area contributed by atoms with E-state index in [1.54, 1.807) is 16.8 Å². The molecule has 4 aromatic rings. The second-order valence-electron chi connectivity index (χ2n) is 9.31. The second-order valence-corrected chi connectivity index (χ2v) is 9.31. The van der Waals surface area contributed by atoms with E-state index < -0.39 is 0 Å². The Balaban J connectivity index is 1.78. The number of hydrogen-bond acceptors (Lipinski definition) is 7. The third kappa shape index (κ3) is 4.99. The molecule has 0 amide bonds. The molecular formula is C26H32N8O2. The van der Waals surface area contributed by atoms with Crippen LogP contribution in [0.4, 0.5) is 11.6 Å². The van der Waals surface area contributed by atoms with E-state index in [2.05, 4.69) is 65.0 Å². The predicted octanol–water partition coefficient (Wildman–Crippen LogP) is 3.06. The van der Waals surface area contributed by atoms with Crippen molar-refractivity contribution < 1.29 is 0 Å². The molecule has 3 heterocycles. The number of fused-ring (bicyclic) bond motifs is 1. The van der Waals surface area contributed by atoms with Crippen molar-refractivity contribution in [3.8, 4) is 5.82 Å². The molecule has 0 fully saturated rings. The van der Waals surface area contributed by atoms with Gasteiger partial charge < -0.3 is 10.2 Å². The molecule has 0 aliphatic rings. The van der Waals surface area contributed by atoms with Crippen molar-refractivity contribution in [2.24, 2.45) is 0 Å². The van der Waals surface area contributed by atoms with Gasteiger partial charge in [0, 0.05) is 24.5 Å². The first-order valence-corrected chi connectivity index (χ1v) is 11.9. The molecular weight excluding hydrogens is 456 g/mol. The zero-order valence-electron chi connectivity index (χ0n) is 21.4. The fourth-order valence-electron chi connectivity index (χ4n) is 4.03. The number of rotatable bonds is 9. The Morgan fingerprint density at radius 1 is 1.17 bits per heavy atom. The van der Waals surface area contributed by atoms with E-state index in [9.17, 15) is 9.59 Å². The summed E-state index contributed by atoms with van der Waals surface area (Å²) in [6.07, 6.45) is 4.11. The minimum atomic E-state index is -0.262. The number of nitrogens with zero attached hydrogens (tertiary/aromatic N) is 7. The lowest BCUT2D eigenvalue weighted by Gasteiger charge is -2.14. The van der Waals surface area contributed by atoms with Crippen LogP contribution in [-0.2, 0) is 13.0 Å². The van der Waals surface area contributed by atoms with Gasteiger partial charge in [-0.1, -0.05) is 12.1 Å². The zero-order valence-corrected chi connectivity index (χ0v) is 21.4. The van der Waals surface area contributed by atoms with E-state index in [0.717, 1.165) is 18.7 Å². The molecule has 3 aromatic heterocycles. The van der Waals surface area contributed by atoms with Crippen LogP contribution in [0.3, 0.4) is 0 Å². The largest absolute Gasteiger partial charge is 0.324 e. The van der Waals surface area contributed by atoms with Gasteiger partial charge in [-0.05, 0) is 70.6 Å². The standard InChI is InChI=1S/C26H32N8O2/c1-7-13-32-25(36)21-16-27-26(28-20-9-8-19(18(4)15-20)12-14-31(5)6)29-24(21)34(32)22-10-11-23(35)33(30-22)17(2)3/h7-11,15-17H,1,12-14H2,2-6H3,(H,27,28,29). The predicted molar refractivity (Wildman–Crippen MR) is 142 cm³/mol.